The summed E-state index contributed by atoms with van der Waals surface area (Å²) in [6.45, 7) is 0.906. The average molecular weight is 328 g/mol. The molecular formula is C11H11F3O6S. The van der Waals surface area contributed by atoms with E-state index in [2.05, 4.69) is 9.47 Å². The molecule has 0 saturated heterocycles. The number of ether oxygens (including phenoxy) is 3. The van der Waals surface area contributed by atoms with E-state index in [9.17, 15) is 26.4 Å². The van der Waals surface area contributed by atoms with Gasteiger partial charge >= 0.3 is 11.5 Å². The van der Waals surface area contributed by atoms with Crippen molar-refractivity contribution in [2.75, 3.05) is 14.2 Å². The first-order valence-corrected chi connectivity index (χ1v) is 6.79. The van der Waals surface area contributed by atoms with Crippen molar-refractivity contribution in [1.29, 1.82) is 0 Å². The average Bonchev–Trinajstić information content (AvgIpc) is 2.35. The summed E-state index contributed by atoms with van der Waals surface area (Å²) in [6, 6.07) is 2.08. The molecule has 0 atom stereocenters. The molecule has 0 saturated carbocycles. The lowest BCUT2D eigenvalue weighted by molar-refractivity contribution is -0.132. The zero-order valence-electron chi connectivity index (χ0n) is 11.1. The Morgan fingerprint density at radius 3 is 1.95 bits per heavy atom. The molecule has 0 aromatic heterocycles. The largest absolute Gasteiger partial charge is 0.502 e. The van der Waals surface area contributed by atoms with E-state index in [4.69, 9.17) is 4.74 Å². The van der Waals surface area contributed by atoms with Crippen LogP contribution in [0.1, 0.15) is 6.92 Å². The third-order valence-electron chi connectivity index (χ3n) is 2.30. The molecule has 0 bridgehead atoms. The maximum Gasteiger partial charge on any atom is 0.502 e. The quantitative estimate of drug-likeness (QED) is 0.621. The third kappa shape index (κ3) is 3.20. The van der Waals surface area contributed by atoms with E-state index in [0.717, 1.165) is 33.3 Å². The monoisotopic (exact) mass is 328 g/mol. The second-order valence-corrected chi connectivity index (χ2v) is 5.55. The minimum absolute atomic E-state index is 0.353. The van der Waals surface area contributed by atoms with Gasteiger partial charge in [-0.1, -0.05) is 0 Å². The molecule has 6 nitrogen and oxygen atoms in total. The van der Waals surface area contributed by atoms with Crippen LogP contribution in [0.3, 0.4) is 0 Å². The van der Waals surface area contributed by atoms with Gasteiger partial charge in [-0.05, 0) is 12.1 Å². The summed E-state index contributed by atoms with van der Waals surface area (Å²) in [5.74, 6) is -2.86. The van der Waals surface area contributed by atoms with Crippen molar-refractivity contribution in [3.8, 4) is 17.2 Å². The van der Waals surface area contributed by atoms with E-state index >= 15 is 0 Å². The van der Waals surface area contributed by atoms with E-state index < -0.39 is 37.7 Å². The van der Waals surface area contributed by atoms with Gasteiger partial charge in [0.15, 0.2) is 16.4 Å². The molecule has 0 aliphatic heterocycles. The standard InChI is InChI=1S/C11H11F3O6S/c1-6(15)20-9-7(18-2)4-5-8(19-3)10(9)21(16,17)11(12,13)14/h4-5H,1-3H3. The second kappa shape index (κ2) is 5.80. The summed E-state index contributed by atoms with van der Waals surface area (Å²) in [4.78, 5) is 9.70. The van der Waals surface area contributed by atoms with Crippen molar-refractivity contribution >= 4 is 15.8 Å². The van der Waals surface area contributed by atoms with E-state index in [-0.39, 0.29) is 5.75 Å². The Bertz CT molecular complexity index is 651. The highest BCUT2D eigenvalue weighted by molar-refractivity contribution is 7.92. The first-order valence-electron chi connectivity index (χ1n) is 5.31. The van der Waals surface area contributed by atoms with Gasteiger partial charge in [0.25, 0.3) is 9.84 Å². The summed E-state index contributed by atoms with van der Waals surface area (Å²) < 4.78 is 75.5. The molecule has 0 spiro atoms. The number of halogens is 3. The van der Waals surface area contributed by atoms with E-state index in [0.29, 0.717) is 0 Å². The molecule has 0 radical (unpaired) electrons. The molecule has 0 aliphatic rings. The van der Waals surface area contributed by atoms with Gasteiger partial charge < -0.3 is 14.2 Å². The number of carbonyl (C=O) groups excluding carboxylic acids is 1. The van der Waals surface area contributed by atoms with Crippen LogP contribution >= 0.6 is 0 Å². The van der Waals surface area contributed by atoms with Gasteiger partial charge in [0.1, 0.15) is 5.75 Å². The molecule has 1 aromatic carbocycles. The smallest absolute Gasteiger partial charge is 0.495 e. The summed E-state index contributed by atoms with van der Waals surface area (Å²) in [7, 11) is -3.75. The molecule has 0 unspecified atom stereocenters. The Hall–Kier alpha value is -1.97. The van der Waals surface area contributed by atoms with Gasteiger partial charge in [-0.2, -0.15) is 13.2 Å². The number of benzene rings is 1. The van der Waals surface area contributed by atoms with E-state index in [1.54, 1.807) is 0 Å². The first-order chi connectivity index (χ1) is 9.56. The number of esters is 1. The Labute approximate surface area is 118 Å². The fourth-order valence-corrected chi connectivity index (χ4v) is 2.49. The predicted octanol–water partition coefficient (Wildman–Crippen LogP) is 1.92. The van der Waals surface area contributed by atoms with Crippen LogP contribution in [0.15, 0.2) is 17.0 Å². The second-order valence-electron chi connectivity index (χ2n) is 3.67. The molecule has 10 heteroatoms. The van der Waals surface area contributed by atoms with Crippen LogP contribution in [-0.2, 0) is 14.6 Å². The number of methoxy groups -OCH3 is 2. The van der Waals surface area contributed by atoms with Gasteiger partial charge in [-0.3, -0.25) is 4.79 Å². The normalized spacial score (nSPS) is 11.9. The van der Waals surface area contributed by atoms with Crippen molar-refractivity contribution in [1.82, 2.24) is 0 Å². The number of hydrogen-bond acceptors (Lipinski definition) is 6. The molecule has 0 heterocycles. The first kappa shape index (κ1) is 17.1. The van der Waals surface area contributed by atoms with Crippen LogP contribution in [0, 0.1) is 0 Å². The molecule has 21 heavy (non-hydrogen) atoms. The number of carbonyl (C=O) groups is 1. The SMILES string of the molecule is COc1ccc(OC)c(S(=O)(=O)C(F)(F)F)c1OC(C)=O. The van der Waals surface area contributed by atoms with Crippen molar-refractivity contribution in [3.63, 3.8) is 0 Å². The van der Waals surface area contributed by atoms with Gasteiger partial charge in [0.2, 0.25) is 0 Å². The molecule has 0 aliphatic carbocycles. The Morgan fingerprint density at radius 2 is 1.57 bits per heavy atom. The summed E-state index contributed by atoms with van der Waals surface area (Å²) >= 11 is 0. The molecule has 1 aromatic rings. The Balaban J connectivity index is 3.79. The van der Waals surface area contributed by atoms with Gasteiger partial charge in [-0.15, -0.1) is 0 Å². The van der Waals surface area contributed by atoms with Crippen molar-refractivity contribution < 1.29 is 40.6 Å². The number of alkyl halides is 3. The Morgan fingerprint density at radius 1 is 1.10 bits per heavy atom. The minimum Gasteiger partial charge on any atom is -0.495 e. The van der Waals surface area contributed by atoms with Crippen LogP contribution in [0.5, 0.6) is 17.2 Å². The van der Waals surface area contributed by atoms with Crippen molar-refractivity contribution in [3.05, 3.63) is 12.1 Å². The Kier molecular flexibility index (Phi) is 4.72. The van der Waals surface area contributed by atoms with E-state index in [1.165, 1.54) is 0 Å². The topological polar surface area (TPSA) is 78.9 Å². The third-order valence-corrected chi connectivity index (χ3v) is 3.83. The number of sulfone groups is 1. The summed E-state index contributed by atoms with van der Waals surface area (Å²) in [5.41, 5.74) is -5.60. The van der Waals surface area contributed by atoms with Gasteiger partial charge in [0, 0.05) is 6.92 Å². The number of hydrogen-bond donors (Lipinski definition) is 0. The highest BCUT2D eigenvalue weighted by atomic mass is 32.2. The van der Waals surface area contributed by atoms with Crippen LogP contribution in [0.4, 0.5) is 13.2 Å². The van der Waals surface area contributed by atoms with Crippen LogP contribution in [-0.4, -0.2) is 34.1 Å². The van der Waals surface area contributed by atoms with Gasteiger partial charge in [-0.25, -0.2) is 8.42 Å². The fourth-order valence-electron chi connectivity index (χ4n) is 1.46. The molecule has 118 valence electrons. The maximum absolute atomic E-state index is 12.8. The summed E-state index contributed by atoms with van der Waals surface area (Å²) in [6.07, 6.45) is 0. The molecule has 0 N–H and O–H groups in total. The lowest BCUT2D eigenvalue weighted by Gasteiger charge is -2.17. The van der Waals surface area contributed by atoms with Crippen LogP contribution < -0.4 is 14.2 Å². The lowest BCUT2D eigenvalue weighted by atomic mass is 10.3. The summed E-state index contributed by atoms with van der Waals surface area (Å²) in [5, 5.41) is 0. The molecule has 1 rings (SSSR count). The van der Waals surface area contributed by atoms with Crippen LogP contribution in [0.2, 0.25) is 0 Å². The number of rotatable bonds is 4. The maximum atomic E-state index is 12.8. The molecular weight excluding hydrogens is 317 g/mol. The highest BCUT2D eigenvalue weighted by Gasteiger charge is 2.51. The highest BCUT2D eigenvalue weighted by Crippen LogP contribution is 2.45. The zero-order chi connectivity index (χ0) is 16.4. The van der Waals surface area contributed by atoms with Crippen molar-refractivity contribution in [2.45, 2.75) is 17.3 Å². The van der Waals surface area contributed by atoms with Gasteiger partial charge in [0.05, 0.1) is 14.2 Å². The molecule has 0 fully saturated rings. The predicted molar refractivity (Wildman–Crippen MR) is 64.1 cm³/mol. The van der Waals surface area contributed by atoms with E-state index in [1.807, 2.05) is 0 Å². The van der Waals surface area contributed by atoms with Crippen molar-refractivity contribution in [2.24, 2.45) is 0 Å². The molecule has 0 amide bonds. The lowest BCUT2D eigenvalue weighted by Crippen LogP contribution is -2.25. The zero-order valence-corrected chi connectivity index (χ0v) is 12.0. The van der Waals surface area contributed by atoms with Crippen LogP contribution in [0.25, 0.3) is 0 Å². The minimum atomic E-state index is -5.81. The fraction of sp³-hybridized carbons (Fsp3) is 0.364.